The van der Waals surface area contributed by atoms with Crippen molar-refractivity contribution < 1.29 is 4.74 Å². The molecule has 1 saturated carbocycles. The van der Waals surface area contributed by atoms with E-state index in [-0.39, 0.29) is 5.54 Å². The highest BCUT2D eigenvalue weighted by Gasteiger charge is 2.39. The Morgan fingerprint density at radius 2 is 1.89 bits per heavy atom. The van der Waals surface area contributed by atoms with Crippen LogP contribution in [0.25, 0.3) is 0 Å². The summed E-state index contributed by atoms with van der Waals surface area (Å²) in [6.07, 6.45) is 8.18. The van der Waals surface area contributed by atoms with E-state index in [1.54, 1.807) is 0 Å². The summed E-state index contributed by atoms with van der Waals surface area (Å²) in [5.74, 6) is 0. The van der Waals surface area contributed by atoms with E-state index < -0.39 is 0 Å². The summed E-state index contributed by atoms with van der Waals surface area (Å²) in [5.41, 5.74) is 0.547. The van der Waals surface area contributed by atoms with Crippen LogP contribution in [0.15, 0.2) is 0 Å². The maximum Gasteiger partial charge on any atom is 0.0641 e. The van der Waals surface area contributed by atoms with E-state index in [1.165, 1.54) is 58.2 Å². The first kappa shape index (κ1) is 14.3. The van der Waals surface area contributed by atoms with E-state index in [2.05, 4.69) is 24.1 Å². The zero-order valence-corrected chi connectivity index (χ0v) is 12.4. The van der Waals surface area contributed by atoms with Gasteiger partial charge in [-0.05, 0) is 39.7 Å². The quantitative estimate of drug-likeness (QED) is 0.837. The summed E-state index contributed by atoms with van der Waals surface area (Å²) in [6, 6.07) is 0. The number of nitrogens with zero attached hydrogens (tertiary/aromatic N) is 1. The van der Waals surface area contributed by atoms with Gasteiger partial charge in [-0.25, -0.2) is 0 Å². The predicted octanol–water partition coefficient (Wildman–Crippen LogP) is 2.41. The first-order valence-corrected chi connectivity index (χ1v) is 7.57. The molecule has 0 unspecified atom stereocenters. The highest BCUT2D eigenvalue weighted by molar-refractivity contribution is 4.98. The fourth-order valence-corrected chi connectivity index (χ4v) is 3.65. The molecule has 106 valence electrons. The van der Waals surface area contributed by atoms with E-state index in [0.717, 1.165) is 6.61 Å². The van der Waals surface area contributed by atoms with E-state index in [0.29, 0.717) is 5.54 Å². The van der Waals surface area contributed by atoms with Gasteiger partial charge >= 0.3 is 0 Å². The van der Waals surface area contributed by atoms with Crippen LogP contribution in [-0.2, 0) is 4.74 Å². The molecule has 0 atom stereocenters. The van der Waals surface area contributed by atoms with Gasteiger partial charge in [-0.2, -0.15) is 0 Å². The van der Waals surface area contributed by atoms with Crippen LogP contribution >= 0.6 is 0 Å². The van der Waals surface area contributed by atoms with Gasteiger partial charge in [0.2, 0.25) is 0 Å². The van der Waals surface area contributed by atoms with Crippen LogP contribution in [-0.4, -0.2) is 49.3 Å². The second kappa shape index (κ2) is 5.89. The number of methoxy groups -OCH3 is 1. The van der Waals surface area contributed by atoms with Gasteiger partial charge in [0.05, 0.1) is 6.61 Å². The average molecular weight is 254 g/mol. The number of hydrogen-bond acceptors (Lipinski definition) is 3. The Balaban J connectivity index is 2.06. The van der Waals surface area contributed by atoms with E-state index in [9.17, 15) is 0 Å². The minimum absolute atomic E-state index is 0.158. The van der Waals surface area contributed by atoms with E-state index >= 15 is 0 Å². The van der Waals surface area contributed by atoms with Crippen LogP contribution in [0.2, 0.25) is 0 Å². The Bertz CT molecular complexity index is 259. The zero-order chi connectivity index (χ0) is 13.1. The molecule has 0 radical (unpaired) electrons. The molecular weight excluding hydrogens is 224 g/mol. The normalized spacial score (nSPS) is 26.2. The van der Waals surface area contributed by atoms with Gasteiger partial charge in [-0.3, -0.25) is 4.90 Å². The fourth-order valence-electron chi connectivity index (χ4n) is 3.65. The minimum atomic E-state index is 0.158. The van der Waals surface area contributed by atoms with Crippen molar-refractivity contribution in [3.8, 4) is 0 Å². The van der Waals surface area contributed by atoms with Crippen molar-refractivity contribution in [1.29, 1.82) is 0 Å². The van der Waals surface area contributed by atoms with Gasteiger partial charge < -0.3 is 10.1 Å². The molecule has 3 heteroatoms. The van der Waals surface area contributed by atoms with Crippen molar-refractivity contribution in [2.24, 2.45) is 0 Å². The van der Waals surface area contributed by atoms with Crippen LogP contribution in [0.3, 0.4) is 0 Å². The molecular formula is C15H30N2O. The summed E-state index contributed by atoms with van der Waals surface area (Å²) < 4.78 is 5.41. The highest BCUT2D eigenvalue weighted by atomic mass is 16.5. The summed E-state index contributed by atoms with van der Waals surface area (Å²) in [5, 5.41) is 3.86. The van der Waals surface area contributed by atoms with Gasteiger partial charge in [-0.15, -0.1) is 0 Å². The molecule has 2 rings (SSSR count). The molecule has 2 aliphatic rings. The Labute approximate surface area is 112 Å². The Kier molecular flexibility index (Phi) is 4.68. The Morgan fingerprint density at radius 3 is 2.56 bits per heavy atom. The van der Waals surface area contributed by atoms with Crippen molar-refractivity contribution in [1.82, 2.24) is 10.2 Å². The summed E-state index contributed by atoms with van der Waals surface area (Å²) in [7, 11) is 1.81. The van der Waals surface area contributed by atoms with Crippen LogP contribution in [0.5, 0.6) is 0 Å². The summed E-state index contributed by atoms with van der Waals surface area (Å²) in [6.45, 7) is 9.04. The molecule has 0 bridgehead atoms. The molecule has 18 heavy (non-hydrogen) atoms. The van der Waals surface area contributed by atoms with Crippen molar-refractivity contribution in [3.63, 3.8) is 0 Å². The van der Waals surface area contributed by atoms with Crippen molar-refractivity contribution >= 4 is 0 Å². The first-order valence-electron chi connectivity index (χ1n) is 7.57. The van der Waals surface area contributed by atoms with Gasteiger partial charge in [0.15, 0.2) is 0 Å². The second-order valence-electron chi connectivity index (χ2n) is 6.79. The minimum Gasteiger partial charge on any atom is -0.383 e. The molecule has 1 aliphatic heterocycles. The van der Waals surface area contributed by atoms with Gasteiger partial charge in [0, 0.05) is 31.3 Å². The molecule has 0 aromatic heterocycles. The topological polar surface area (TPSA) is 24.5 Å². The number of ether oxygens (including phenoxy) is 1. The van der Waals surface area contributed by atoms with Crippen LogP contribution < -0.4 is 5.32 Å². The second-order valence-corrected chi connectivity index (χ2v) is 6.79. The van der Waals surface area contributed by atoms with E-state index in [1.807, 2.05) is 7.11 Å². The first-order chi connectivity index (χ1) is 8.58. The fraction of sp³-hybridized carbons (Fsp3) is 1.00. The van der Waals surface area contributed by atoms with E-state index in [4.69, 9.17) is 4.74 Å². The molecule has 1 heterocycles. The maximum absolute atomic E-state index is 5.41. The third-order valence-corrected chi connectivity index (χ3v) is 4.76. The molecule has 0 amide bonds. The molecule has 1 spiro atoms. The lowest BCUT2D eigenvalue weighted by molar-refractivity contribution is 0.0169. The lowest BCUT2D eigenvalue weighted by Gasteiger charge is -2.45. The Morgan fingerprint density at radius 1 is 1.17 bits per heavy atom. The maximum atomic E-state index is 5.41. The zero-order valence-electron chi connectivity index (χ0n) is 12.4. The lowest BCUT2D eigenvalue weighted by Crippen LogP contribution is -2.57. The SMILES string of the molecule is COCC(C)(C)N1CCCNC2(CCCCC2)C1. The number of rotatable bonds is 3. The average Bonchev–Trinajstić information content (AvgIpc) is 2.54. The van der Waals surface area contributed by atoms with Gasteiger partial charge in [-0.1, -0.05) is 19.3 Å². The monoisotopic (exact) mass is 254 g/mol. The predicted molar refractivity (Wildman–Crippen MR) is 76.0 cm³/mol. The van der Waals surface area contributed by atoms with Gasteiger partial charge in [0.1, 0.15) is 0 Å². The highest BCUT2D eigenvalue weighted by Crippen LogP contribution is 2.32. The summed E-state index contributed by atoms with van der Waals surface area (Å²) in [4.78, 5) is 2.65. The summed E-state index contributed by atoms with van der Waals surface area (Å²) >= 11 is 0. The molecule has 1 N–H and O–H groups in total. The largest absolute Gasteiger partial charge is 0.383 e. The third-order valence-electron chi connectivity index (χ3n) is 4.76. The Hall–Kier alpha value is -0.120. The van der Waals surface area contributed by atoms with Crippen LogP contribution in [0.4, 0.5) is 0 Å². The van der Waals surface area contributed by atoms with Crippen molar-refractivity contribution in [2.45, 2.75) is 63.5 Å². The van der Waals surface area contributed by atoms with Crippen LogP contribution in [0.1, 0.15) is 52.4 Å². The third kappa shape index (κ3) is 3.25. The molecule has 3 nitrogen and oxygen atoms in total. The molecule has 1 aliphatic carbocycles. The molecule has 2 fully saturated rings. The molecule has 0 aromatic carbocycles. The van der Waals surface area contributed by atoms with Crippen molar-refractivity contribution in [2.75, 3.05) is 33.4 Å². The lowest BCUT2D eigenvalue weighted by atomic mass is 9.80. The number of hydrogen-bond donors (Lipinski definition) is 1. The smallest absolute Gasteiger partial charge is 0.0641 e. The van der Waals surface area contributed by atoms with Crippen molar-refractivity contribution in [3.05, 3.63) is 0 Å². The molecule has 1 saturated heterocycles. The molecule has 0 aromatic rings. The van der Waals surface area contributed by atoms with Gasteiger partial charge in [0.25, 0.3) is 0 Å². The number of nitrogens with one attached hydrogen (secondary N) is 1. The standard InChI is InChI=1S/C15H30N2O/c1-14(2,13-18-3)17-11-7-10-16-15(12-17)8-5-4-6-9-15/h16H,4-13H2,1-3H3. The van der Waals surface area contributed by atoms with Crippen LogP contribution in [0, 0.1) is 0 Å².